The van der Waals surface area contributed by atoms with Crippen molar-refractivity contribution in [1.82, 2.24) is 9.13 Å². The highest BCUT2D eigenvalue weighted by molar-refractivity contribution is 6.24. The van der Waals surface area contributed by atoms with E-state index >= 15 is 0 Å². The molecule has 0 aliphatic rings. The summed E-state index contributed by atoms with van der Waals surface area (Å²) < 4.78 is 4.80. The minimum atomic E-state index is 1.12. The molecule has 8 aromatic rings. The standard InChI is InChI=1S/C43H32N2/c1-3-16-37-34(4-2)42-41(28-27-40-43(42)36-24-12-14-26-39(36)44(40)33-21-9-6-10-22-33)45(37)38-25-13-11-23-35(38)32-20-15-19-31(29-32)30-17-7-5-8-18-30/h3-29H,2H2,1H3/b16-3-. The van der Waals surface area contributed by atoms with Crippen LogP contribution in [-0.4, -0.2) is 9.13 Å². The van der Waals surface area contributed by atoms with Gasteiger partial charge in [0, 0.05) is 33.0 Å². The molecule has 214 valence electrons. The summed E-state index contributed by atoms with van der Waals surface area (Å²) in [5.41, 5.74) is 12.9. The Morgan fingerprint density at radius 3 is 1.96 bits per heavy atom. The van der Waals surface area contributed by atoms with Gasteiger partial charge >= 0.3 is 0 Å². The van der Waals surface area contributed by atoms with E-state index in [0.717, 1.165) is 28.1 Å². The van der Waals surface area contributed by atoms with E-state index in [1.165, 1.54) is 49.4 Å². The summed E-state index contributed by atoms with van der Waals surface area (Å²) >= 11 is 0. The first-order chi connectivity index (χ1) is 22.3. The molecule has 0 bridgehead atoms. The van der Waals surface area contributed by atoms with Gasteiger partial charge in [0.1, 0.15) is 0 Å². The van der Waals surface area contributed by atoms with Crippen LogP contribution in [0.2, 0.25) is 0 Å². The molecule has 0 radical (unpaired) electrons. The quantitative estimate of drug-likeness (QED) is 0.186. The number of aromatic nitrogens is 2. The minimum Gasteiger partial charge on any atom is -0.309 e. The minimum absolute atomic E-state index is 1.12. The first kappa shape index (κ1) is 26.7. The maximum Gasteiger partial charge on any atom is 0.0549 e. The highest BCUT2D eigenvalue weighted by atomic mass is 15.0. The number of nitrogens with zero attached hydrogens (tertiary/aromatic N) is 2. The molecule has 0 aliphatic heterocycles. The zero-order chi connectivity index (χ0) is 30.3. The fraction of sp³-hybridized carbons (Fsp3) is 0.0233. The Bertz CT molecular complexity index is 2380. The Kier molecular flexibility index (Phi) is 6.54. The van der Waals surface area contributed by atoms with Gasteiger partial charge in [0.2, 0.25) is 0 Å². The van der Waals surface area contributed by atoms with Crippen molar-refractivity contribution in [3.63, 3.8) is 0 Å². The van der Waals surface area contributed by atoms with Crippen molar-refractivity contribution >= 4 is 44.9 Å². The molecule has 0 spiro atoms. The van der Waals surface area contributed by atoms with E-state index in [0.29, 0.717) is 0 Å². The molecule has 0 atom stereocenters. The third kappa shape index (κ3) is 4.26. The van der Waals surface area contributed by atoms with Gasteiger partial charge in [-0.15, -0.1) is 0 Å². The molecule has 6 aromatic carbocycles. The highest BCUT2D eigenvalue weighted by Gasteiger charge is 2.23. The van der Waals surface area contributed by atoms with E-state index in [1.807, 2.05) is 6.08 Å². The van der Waals surface area contributed by atoms with Crippen molar-refractivity contribution in [3.05, 3.63) is 170 Å². The normalized spacial score (nSPS) is 11.7. The van der Waals surface area contributed by atoms with Crippen molar-refractivity contribution in [2.75, 3.05) is 0 Å². The predicted octanol–water partition coefficient (Wildman–Crippen LogP) is 11.7. The second-order valence-electron chi connectivity index (χ2n) is 11.3. The summed E-state index contributed by atoms with van der Waals surface area (Å²) in [4.78, 5) is 0. The summed E-state index contributed by atoms with van der Waals surface area (Å²) in [6.45, 7) is 6.44. The molecule has 0 amide bonds. The van der Waals surface area contributed by atoms with Crippen LogP contribution in [0.1, 0.15) is 18.2 Å². The number of hydrogen-bond donors (Lipinski definition) is 0. The second kappa shape index (κ2) is 11.0. The number of allylic oxidation sites excluding steroid dienone is 1. The third-order valence-electron chi connectivity index (χ3n) is 8.81. The maximum atomic E-state index is 4.35. The Labute approximate surface area is 263 Å². The van der Waals surface area contributed by atoms with Crippen molar-refractivity contribution in [1.29, 1.82) is 0 Å². The molecule has 2 nitrogen and oxygen atoms in total. The van der Waals surface area contributed by atoms with E-state index in [4.69, 9.17) is 0 Å². The first-order valence-corrected chi connectivity index (χ1v) is 15.4. The number of benzene rings is 6. The lowest BCUT2D eigenvalue weighted by Crippen LogP contribution is -2.00. The number of para-hydroxylation sites is 3. The van der Waals surface area contributed by atoms with Gasteiger partial charge in [-0.1, -0.05) is 122 Å². The molecule has 0 N–H and O–H groups in total. The summed E-state index contributed by atoms with van der Waals surface area (Å²) in [7, 11) is 0. The molecule has 2 heteroatoms. The average Bonchev–Trinajstić information content (AvgIpc) is 3.61. The number of rotatable bonds is 6. The monoisotopic (exact) mass is 576 g/mol. The molecule has 0 saturated carbocycles. The van der Waals surface area contributed by atoms with E-state index in [9.17, 15) is 0 Å². The maximum absolute atomic E-state index is 4.35. The van der Waals surface area contributed by atoms with Gasteiger partial charge in [0.25, 0.3) is 0 Å². The second-order valence-corrected chi connectivity index (χ2v) is 11.3. The van der Waals surface area contributed by atoms with E-state index in [-0.39, 0.29) is 0 Å². The Balaban J connectivity index is 1.46. The lowest BCUT2D eigenvalue weighted by molar-refractivity contribution is 1.11. The summed E-state index contributed by atoms with van der Waals surface area (Å²) in [5.74, 6) is 0. The fourth-order valence-corrected chi connectivity index (χ4v) is 6.94. The molecule has 0 unspecified atom stereocenters. The Morgan fingerprint density at radius 2 is 1.18 bits per heavy atom. The van der Waals surface area contributed by atoms with Crippen LogP contribution in [0.25, 0.3) is 78.5 Å². The van der Waals surface area contributed by atoms with Gasteiger partial charge in [-0.05, 0) is 72.2 Å². The first-order valence-electron chi connectivity index (χ1n) is 15.4. The zero-order valence-electron chi connectivity index (χ0n) is 25.2. The lowest BCUT2D eigenvalue weighted by atomic mass is 9.98. The van der Waals surface area contributed by atoms with E-state index in [1.54, 1.807) is 0 Å². The fourth-order valence-electron chi connectivity index (χ4n) is 6.94. The van der Waals surface area contributed by atoms with Crippen molar-refractivity contribution in [3.8, 4) is 33.6 Å². The molecular formula is C43H32N2. The number of hydrogen-bond acceptors (Lipinski definition) is 0. The van der Waals surface area contributed by atoms with Crippen LogP contribution in [0.5, 0.6) is 0 Å². The topological polar surface area (TPSA) is 9.86 Å². The van der Waals surface area contributed by atoms with Crippen LogP contribution in [0.4, 0.5) is 0 Å². The molecule has 8 rings (SSSR count). The van der Waals surface area contributed by atoms with Crippen LogP contribution in [-0.2, 0) is 0 Å². The molecule has 45 heavy (non-hydrogen) atoms. The van der Waals surface area contributed by atoms with E-state index in [2.05, 4.69) is 180 Å². The van der Waals surface area contributed by atoms with Crippen LogP contribution in [0, 0.1) is 0 Å². The molecule has 2 heterocycles. The highest BCUT2D eigenvalue weighted by Crippen LogP contribution is 2.43. The third-order valence-corrected chi connectivity index (χ3v) is 8.81. The van der Waals surface area contributed by atoms with Gasteiger partial charge in [0.15, 0.2) is 0 Å². The SMILES string of the molecule is C=Cc1c(/C=C\C)n(-c2ccccc2-c2cccc(-c3ccccc3)c2)c2ccc3c(c4ccccc4n3-c3ccccc3)c12. The molecule has 2 aromatic heterocycles. The zero-order valence-corrected chi connectivity index (χ0v) is 25.2. The summed E-state index contributed by atoms with van der Waals surface area (Å²) in [6.07, 6.45) is 6.37. The smallest absolute Gasteiger partial charge is 0.0549 e. The van der Waals surface area contributed by atoms with Gasteiger partial charge in [-0.25, -0.2) is 0 Å². The Hall–Kier alpha value is -5.86. The average molecular weight is 577 g/mol. The van der Waals surface area contributed by atoms with Crippen molar-refractivity contribution < 1.29 is 0 Å². The van der Waals surface area contributed by atoms with Gasteiger partial charge < -0.3 is 9.13 Å². The Morgan fingerprint density at radius 1 is 0.533 bits per heavy atom. The van der Waals surface area contributed by atoms with Gasteiger partial charge in [0.05, 0.1) is 27.9 Å². The number of fused-ring (bicyclic) bond motifs is 5. The largest absolute Gasteiger partial charge is 0.309 e. The van der Waals surface area contributed by atoms with Gasteiger partial charge in [-0.2, -0.15) is 0 Å². The van der Waals surface area contributed by atoms with Crippen LogP contribution < -0.4 is 0 Å². The molecule has 0 saturated heterocycles. The molecular weight excluding hydrogens is 544 g/mol. The molecule has 0 fully saturated rings. The lowest BCUT2D eigenvalue weighted by Gasteiger charge is -2.16. The summed E-state index contributed by atoms with van der Waals surface area (Å²) in [6, 6.07) is 52.1. The van der Waals surface area contributed by atoms with Crippen LogP contribution >= 0.6 is 0 Å². The van der Waals surface area contributed by atoms with Crippen LogP contribution in [0.3, 0.4) is 0 Å². The predicted molar refractivity (Wildman–Crippen MR) is 193 cm³/mol. The van der Waals surface area contributed by atoms with Crippen molar-refractivity contribution in [2.45, 2.75) is 6.92 Å². The molecule has 0 aliphatic carbocycles. The van der Waals surface area contributed by atoms with Crippen LogP contribution in [0.15, 0.2) is 158 Å². The van der Waals surface area contributed by atoms with Crippen molar-refractivity contribution in [2.24, 2.45) is 0 Å². The summed E-state index contributed by atoms with van der Waals surface area (Å²) in [5, 5.41) is 3.70. The van der Waals surface area contributed by atoms with Gasteiger partial charge in [-0.3, -0.25) is 0 Å². The van der Waals surface area contributed by atoms with E-state index < -0.39 is 0 Å².